The van der Waals surface area contributed by atoms with Gasteiger partial charge in [-0.05, 0) is 31.4 Å². The molecule has 0 saturated carbocycles. The number of aromatic nitrogens is 1. The summed E-state index contributed by atoms with van der Waals surface area (Å²) in [7, 11) is 1.92. The smallest absolute Gasteiger partial charge is 0.269 e. The van der Waals surface area contributed by atoms with Crippen molar-refractivity contribution >= 4 is 45.6 Å². The number of anilines is 3. The lowest BCUT2D eigenvalue weighted by Gasteiger charge is -2.10. The van der Waals surface area contributed by atoms with Gasteiger partial charge in [0, 0.05) is 24.2 Å². The summed E-state index contributed by atoms with van der Waals surface area (Å²) in [5, 5.41) is 3.61. The Labute approximate surface area is 132 Å². The van der Waals surface area contributed by atoms with E-state index in [1.54, 1.807) is 11.8 Å². The van der Waals surface area contributed by atoms with Crippen LogP contribution in [0.25, 0.3) is 0 Å². The fourth-order valence-corrected chi connectivity index (χ4v) is 3.04. The van der Waals surface area contributed by atoms with Crippen molar-refractivity contribution in [1.29, 1.82) is 0 Å². The molecule has 0 saturated heterocycles. The number of carbonyl (C=O) groups is 1. The number of thioether (sulfide) groups is 1. The summed E-state index contributed by atoms with van der Waals surface area (Å²) in [5.41, 5.74) is 6.61. The van der Waals surface area contributed by atoms with Gasteiger partial charge >= 0.3 is 0 Å². The molecule has 0 aliphatic carbocycles. The quantitative estimate of drug-likeness (QED) is 0.827. The van der Waals surface area contributed by atoms with Gasteiger partial charge in [0.05, 0.1) is 0 Å². The van der Waals surface area contributed by atoms with E-state index < -0.39 is 0 Å². The molecule has 0 fully saturated rings. The molecule has 7 heteroatoms. The Morgan fingerprint density at radius 2 is 2.29 bits per heavy atom. The molecule has 0 spiro atoms. The van der Waals surface area contributed by atoms with Crippen molar-refractivity contribution in [1.82, 2.24) is 4.98 Å². The van der Waals surface area contributed by atoms with Gasteiger partial charge in [-0.3, -0.25) is 4.79 Å². The molecule has 21 heavy (non-hydrogen) atoms. The lowest BCUT2D eigenvalue weighted by atomic mass is 10.3. The monoisotopic (exact) mass is 322 g/mol. The third-order valence-electron chi connectivity index (χ3n) is 2.98. The molecule has 112 valence electrons. The van der Waals surface area contributed by atoms with Gasteiger partial charge in [0.2, 0.25) is 0 Å². The van der Waals surface area contributed by atoms with E-state index in [0.717, 1.165) is 22.3 Å². The minimum absolute atomic E-state index is 0.223. The number of hydrogen-bond donors (Lipinski definition) is 2. The average Bonchev–Trinajstić information content (AvgIpc) is 2.88. The van der Waals surface area contributed by atoms with Crippen molar-refractivity contribution in [2.24, 2.45) is 0 Å². The van der Waals surface area contributed by atoms with E-state index in [2.05, 4.69) is 10.3 Å². The number of nitrogens with two attached hydrogens (primary N) is 1. The minimum atomic E-state index is -0.223. The Kier molecular flexibility index (Phi) is 5.08. The summed E-state index contributed by atoms with van der Waals surface area (Å²) in [5.74, 6) is 0.0489. The van der Waals surface area contributed by atoms with Gasteiger partial charge < -0.3 is 16.0 Å². The predicted octanol–water partition coefficient (Wildman–Crippen LogP) is 3.16. The van der Waals surface area contributed by atoms with Crippen LogP contribution in [0.4, 0.5) is 16.6 Å². The molecule has 1 aromatic carbocycles. The molecule has 0 radical (unpaired) electrons. The van der Waals surface area contributed by atoms with Gasteiger partial charge in [-0.15, -0.1) is 11.8 Å². The normalized spacial score (nSPS) is 10.4. The summed E-state index contributed by atoms with van der Waals surface area (Å²) in [6.45, 7) is 2.83. The van der Waals surface area contributed by atoms with Crippen LogP contribution in [0.3, 0.4) is 0 Å². The molecule has 2 aromatic rings. The van der Waals surface area contributed by atoms with Crippen molar-refractivity contribution < 1.29 is 4.79 Å². The second-order valence-corrected chi connectivity index (χ2v) is 6.27. The van der Waals surface area contributed by atoms with Crippen molar-refractivity contribution in [3.05, 3.63) is 29.1 Å². The van der Waals surface area contributed by atoms with Gasteiger partial charge in [-0.25, -0.2) is 4.98 Å². The fourth-order valence-electron chi connectivity index (χ4n) is 1.67. The number of thiazole rings is 1. The SMILES string of the molecule is CCN(C)c1nc(N)c(C(=O)Nc2cccc(SC)c2)s1. The van der Waals surface area contributed by atoms with Crippen LogP contribution in [0.5, 0.6) is 0 Å². The molecule has 0 atom stereocenters. The first kappa shape index (κ1) is 15.7. The standard InChI is InChI=1S/C14H18N4OS2/c1-4-18(2)14-17-12(15)11(21-14)13(19)16-9-6-5-7-10(8-9)20-3/h5-8H,4,15H2,1-3H3,(H,16,19). The summed E-state index contributed by atoms with van der Waals surface area (Å²) in [4.78, 5) is 20.0. The maximum atomic E-state index is 12.3. The molecule has 0 unspecified atom stereocenters. The number of nitrogens with zero attached hydrogens (tertiary/aromatic N) is 2. The molecule has 0 aliphatic rings. The van der Waals surface area contributed by atoms with Gasteiger partial charge in [0.1, 0.15) is 10.7 Å². The highest BCUT2D eigenvalue weighted by molar-refractivity contribution is 7.98. The highest BCUT2D eigenvalue weighted by Crippen LogP contribution is 2.28. The third kappa shape index (κ3) is 3.68. The van der Waals surface area contributed by atoms with E-state index in [-0.39, 0.29) is 11.7 Å². The molecule has 3 N–H and O–H groups in total. The number of benzene rings is 1. The molecule has 1 amide bonds. The van der Waals surface area contributed by atoms with Gasteiger partial charge in [0.15, 0.2) is 5.13 Å². The Balaban J connectivity index is 2.18. The minimum Gasteiger partial charge on any atom is -0.382 e. The van der Waals surface area contributed by atoms with E-state index >= 15 is 0 Å². The van der Waals surface area contributed by atoms with Crippen molar-refractivity contribution in [3.8, 4) is 0 Å². The lowest BCUT2D eigenvalue weighted by Crippen LogP contribution is -2.15. The Hall–Kier alpha value is -1.73. The first-order valence-corrected chi connectivity index (χ1v) is 8.52. The maximum absolute atomic E-state index is 12.3. The predicted molar refractivity (Wildman–Crippen MR) is 91.6 cm³/mol. The zero-order valence-electron chi connectivity index (χ0n) is 12.2. The number of carbonyl (C=O) groups excluding carboxylic acids is 1. The van der Waals surface area contributed by atoms with E-state index in [1.165, 1.54) is 11.3 Å². The number of nitrogen functional groups attached to an aromatic ring is 1. The molecule has 2 rings (SSSR count). The Bertz CT molecular complexity index is 642. The first-order chi connectivity index (χ1) is 10.0. The van der Waals surface area contributed by atoms with Crippen LogP contribution in [-0.2, 0) is 0 Å². The van der Waals surface area contributed by atoms with Crippen LogP contribution < -0.4 is 16.0 Å². The Morgan fingerprint density at radius 3 is 2.95 bits per heavy atom. The van der Waals surface area contributed by atoms with Crippen molar-refractivity contribution in [3.63, 3.8) is 0 Å². The van der Waals surface area contributed by atoms with Crippen LogP contribution in [-0.4, -0.2) is 30.7 Å². The van der Waals surface area contributed by atoms with Crippen LogP contribution in [0.1, 0.15) is 16.6 Å². The number of hydrogen-bond acceptors (Lipinski definition) is 6. The third-order valence-corrected chi connectivity index (χ3v) is 4.89. The zero-order valence-corrected chi connectivity index (χ0v) is 13.8. The highest BCUT2D eigenvalue weighted by atomic mass is 32.2. The van der Waals surface area contributed by atoms with Crippen molar-refractivity contribution in [2.75, 3.05) is 35.8 Å². The zero-order chi connectivity index (χ0) is 15.4. The number of rotatable bonds is 5. The lowest BCUT2D eigenvalue weighted by molar-refractivity contribution is 0.103. The molecule has 1 heterocycles. The number of amides is 1. The fraction of sp³-hybridized carbons (Fsp3) is 0.286. The van der Waals surface area contributed by atoms with Crippen LogP contribution in [0, 0.1) is 0 Å². The molecular weight excluding hydrogens is 304 g/mol. The van der Waals surface area contributed by atoms with Crippen molar-refractivity contribution in [2.45, 2.75) is 11.8 Å². The molecular formula is C14H18N4OS2. The highest BCUT2D eigenvalue weighted by Gasteiger charge is 2.17. The summed E-state index contributed by atoms with van der Waals surface area (Å²) in [6.07, 6.45) is 2.00. The molecule has 0 aliphatic heterocycles. The average molecular weight is 322 g/mol. The summed E-state index contributed by atoms with van der Waals surface area (Å²) < 4.78 is 0. The second kappa shape index (κ2) is 6.82. The molecule has 1 aromatic heterocycles. The van der Waals surface area contributed by atoms with E-state index in [4.69, 9.17) is 5.73 Å². The summed E-state index contributed by atoms with van der Waals surface area (Å²) >= 11 is 2.93. The molecule has 5 nitrogen and oxygen atoms in total. The van der Waals surface area contributed by atoms with Gasteiger partial charge in [-0.2, -0.15) is 0 Å². The van der Waals surface area contributed by atoms with Gasteiger partial charge in [0.25, 0.3) is 5.91 Å². The largest absolute Gasteiger partial charge is 0.382 e. The van der Waals surface area contributed by atoms with Crippen LogP contribution >= 0.6 is 23.1 Å². The Morgan fingerprint density at radius 1 is 1.52 bits per heavy atom. The number of nitrogens with one attached hydrogen (secondary N) is 1. The second-order valence-electron chi connectivity index (χ2n) is 4.41. The molecule has 0 bridgehead atoms. The topological polar surface area (TPSA) is 71.2 Å². The van der Waals surface area contributed by atoms with E-state index in [0.29, 0.717) is 4.88 Å². The van der Waals surface area contributed by atoms with Crippen LogP contribution in [0.15, 0.2) is 29.2 Å². The van der Waals surface area contributed by atoms with Gasteiger partial charge in [-0.1, -0.05) is 17.4 Å². The van der Waals surface area contributed by atoms with E-state index in [1.807, 2.05) is 49.4 Å². The summed E-state index contributed by atoms with van der Waals surface area (Å²) in [6, 6.07) is 7.69. The van der Waals surface area contributed by atoms with E-state index in [9.17, 15) is 4.79 Å². The maximum Gasteiger partial charge on any atom is 0.269 e. The first-order valence-electron chi connectivity index (χ1n) is 6.48. The van der Waals surface area contributed by atoms with Crippen LogP contribution in [0.2, 0.25) is 0 Å².